The third kappa shape index (κ3) is 10.7. The maximum Gasteiger partial charge on any atom is 0.411 e. The summed E-state index contributed by atoms with van der Waals surface area (Å²) in [6.45, 7) is 0.971. The van der Waals surface area contributed by atoms with Crippen molar-refractivity contribution in [2.75, 3.05) is 46.9 Å². The van der Waals surface area contributed by atoms with Gasteiger partial charge in [0.05, 0.1) is 0 Å². The second-order valence-corrected chi connectivity index (χ2v) is 5.80. The smallest absolute Gasteiger partial charge is 0.372 e. The maximum absolute atomic E-state index is 11.9. The van der Waals surface area contributed by atoms with Gasteiger partial charge in [-0.25, -0.2) is 0 Å². The first-order chi connectivity index (χ1) is 11.4. The quantitative estimate of drug-likeness (QED) is 0.253. The van der Waals surface area contributed by atoms with Crippen LogP contribution < -0.4 is 10.6 Å². The molecule has 148 valence electrons. The van der Waals surface area contributed by atoms with Gasteiger partial charge in [-0.05, 0) is 25.2 Å². The number of hydrogen-bond acceptors (Lipinski definition) is 3. The number of amides is 1. The van der Waals surface area contributed by atoms with E-state index >= 15 is 0 Å². The van der Waals surface area contributed by atoms with E-state index in [9.17, 15) is 18.0 Å². The number of piperidine rings is 1. The van der Waals surface area contributed by atoms with Gasteiger partial charge >= 0.3 is 6.18 Å². The zero-order valence-corrected chi connectivity index (χ0v) is 17.0. The average Bonchev–Trinajstić information content (AvgIpc) is 2.54. The monoisotopic (exact) mass is 480 g/mol. The number of likely N-dealkylation sites (tertiary alicyclic amines) is 1. The molecule has 1 heterocycles. The van der Waals surface area contributed by atoms with E-state index in [1.807, 2.05) is 0 Å². The first-order valence-corrected chi connectivity index (χ1v) is 8.16. The molecule has 0 aliphatic carbocycles. The highest BCUT2D eigenvalue weighted by Gasteiger charge is 2.27. The molecular weight excluding hydrogens is 452 g/mol. The minimum atomic E-state index is -4.28. The van der Waals surface area contributed by atoms with Crippen molar-refractivity contribution in [1.29, 1.82) is 0 Å². The zero-order valence-electron chi connectivity index (χ0n) is 14.7. The second-order valence-electron chi connectivity index (χ2n) is 5.80. The van der Waals surface area contributed by atoms with Gasteiger partial charge in [0.25, 0.3) is 0 Å². The van der Waals surface area contributed by atoms with Crippen LogP contribution in [0.3, 0.4) is 0 Å². The van der Waals surface area contributed by atoms with Crippen molar-refractivity contribution in [3.05, 3.63) is 0 Å². The van der Waals surface area contributed by atoms with Crippen LogP contribution in [0.4, 0.5) is 13.2 Å². The van der Waals surface area contributed by atoms with E-state index in [0.717, 1.165) is 31.9 Å². The van der Waals surface area contributed by atoms with E-state index in [2.05, 4.69) is 25.3 Å². The van der Waals surface area contributed by atoms with Crippen LogP contribution in [0.25, 0.3) is 0 Å². The van der Waals surface area contributed by atoms with Crippen LogP contribution in [0.2, 0.25) is 0 Å². The van der Waals surface area contributed by atoms with Crippen molar-refractivity contribution in [2.45, 2.75) is 31.9 Å². The molecule has 10 heteroatoms. The Morgan fingerprint density at radius 3 is 2.48 bits per heavy atom. The first kappa shape index (κ1) is 24.2. The molecule has 0 spiro atoms. The number of ether oxygens (including phenoxy) is 1. The lowest BCUT2D eigenvalue weighted by Crippen LogP contribution is -2.46. The molecule has 0 saturated carbocycles. The third-order valence-electron chi connectivity index (χ3n) is 3.89. The molecule has 0 atom stereocenters. The molecule has 1 fully saturated rings. The lowest BCUT2D eigenvalue weighted by Gasteiger charge is -2.34. The molecular formula is C15H28F3IN4O2. The molecule has 0 radical (unpaired) electrons. The molecule has 2 N–H and O–H groups in total. The number of halogens is 4. The predicted octanol–water partition coefficient (Wildman–Crippen LogP) is 2.00. The van der Waals surface area contributed by atoms with Crippen LogP contribution in [0.5, 0.6) is 0 Å². The molecule has 0 bridgehead atoms. The highest BCUT2D eigenvalue weighted by atomic mass is 127. The van der Waals surface area contributed by atoms with Crippen molar-refractivity contribution in [2.24, 2.45) is 10.9 Å². The van der Waals surface area contributed by atoms with E-state index in [0.29, 0.717) is 25.3 Å². The molecule has 0 unspecified atom stereocenters. The standard InChI is InChI=1S/C15H27F3N4O2.HI/c1-19-13(23)10-12-4-7-22(8-5-12)14(20-2)21-6-3-9-24-11-15(16,17)18;/h12H,3-11H2,1-2H3,(H,19,23)(H,20,21);1H. The Kier molecular flexibility index (Phi) is 12.2. The van der Waals surface area contributed by atoms with Crippen molar-refractivity contribution >= 4 is 35.8 Å². The molecule has 1 saturated heterocycles. The van der Waals surface area contributed by atoms with Crippen LogP contribution in [0, 0.1) is 5.92 Å². The van der Waals surface area contributed by atoms with Gasteiger partial charge in [0.2, 0.25) is 5.91 Å². The Morgan fingerprint density at radius 2 is 1.96 bits per heavy atom. The summed E-state index contributed by atoms with van der Waals surface area (Å²) >= 11 is 0. The fourth-order valence-corrected chi connectivity index (χ4v) is 2.61. The molecule has 1 rings (SSSR count). The maximum atomic E-state index is 11.9. The van der Waals surface area contributed by atoms with Crippen molar-refractivity contribution in [3.8, 4) is 0 Å². The van der Waals surface area contributed by atoms with E-state index < -0.39 is 12.8 Å². The average molecular weight is 480 g/mol. The summed E-state index contributed by atoms with van der Waals surface area (Å²) in [7, 11) is 3.32. The van der Waals surface area contributed by atoms with Crippen LogP contribution in [0.15, 0.2) is 4.99 Å². The van der Waals surface area contributed by atoms with E-state index in [-0.39, 0.29) is 36.5 Å². The highest BCUT2D eigenvalue weighted by Crippen LogP contribution is 2.20. The second kappa shape index (κ2) is 12.6. The summed E-state index contributed by atoms with van der Waals surface area (Å²) in [5.41, 5.74) is 0. The van der Waals surface area contributed by atoms with Gasteiger partial charge in [0.1, 0.15) is 6.61 Å². The molecule has 25 heavy (non-hydrogen) atoms. The summed E-state index contributed by atoms with van der Waals surface area (Å²) in [4.78, 5) is 17.7. The fraction of sp³-hybridized carbons (Fsp3) is 0.867. The summed E-state index contributed by atoms with van der Waals surface area (Å²) in [6, 6.07) is 0. The Labute approximate surface area is 164 Å². The Hall–Kier alpha value is -0.780. The molecule has 0 aromatic carbocycles. The third-order valence-corrected chi connectivity index (χ3v) is 3.89. The topological polar surface area (TPSA) is 66.0 Å². The molecule has 0 aromatic rings. The van der Waals surface area contributed by atoms with E-state index in [4.69, 9.17) is 0 Å². The normalized spacial score (nSPS) is 16.4. The zero-order chi connectivity index (χ0) is 18.0. The Morgan fingerprint density at radius 1 is 1.32 bits per heavy atom. The minimum Gasteiger partial charge on any atom is -0.372 e. The van der Waals surface area contributed by atoms with Gasteiger partial charge in [-0.15, -0.1) is 24.0 Å². The van der Waals surface area contributed by atoms with Crippen molar-refractivity contribution < 1.29 is 22.7 Å². The number of aliphatic imine (C=N–C) groups is 1. The molecule has 1 aliphatic heterocycles. The van der Waals surface area contributed by atoms with Crippen LogP contribution in [-0.2, 0) is 9.53 Å². The highest BCUT2D eigenvalue weighted by molar-refractivity contribution is 14.0. The molecule has 6 nitrogen and oxygen atoms in total. The first-order valence-electron chi connectivity index (χ1n) is 8.16. The van der Waals surface area contributed by atoms with Crippen molar-refractivity contribution in [1.82, 2.24) is 15.5 Å². The predicted molar refractivity (Wildman–Crippen MR) is 101 cm³/mol. The summed E-state index contributed by atoms with van der Waals surface area (Å²) in [5.74, 6) is 1.19. The van der Waals surface area contributed by atoms with Gasteiger partial charge in [-0.1, -0.05) is 0 Å². The SMILES string of the molecule is CN=C(NCCCOCC(F)(F)F)N1CCC(CC(=O)NC)CC1.I. The molecule has 1 aliphatic rings. The molecule has 0 aromatic heterocycles. The van der Waals surface area contributed by atoms with Gasteiger partial charge in [0, 0.05) is 46.8 Å². The van der Waals surface area contributed by atoms with Gasteiger partial charge < -0.3 is 20.3 Å². The van der Waals surface area contributed by atoms with Crippen LogP contribution in [-0.4, -0.2) is 69.9 Å². The number of nitrogens with zero attached hydrogens (tertiary/aromatic N) is 2. The van der Waals surface area contributed by atoms with Gasteiger partial charge in [0.15, 0.2) is 5.96 Å². The van der Waals surface area contributed by atoms with Crippen LogP contribution >= 0.6 is 24.0 Å². The number of carbonyl (C=O) groups excluding carboxylic acids is 1. The number of alkyl halides is 3. The Balaban J connectivity index is 0.00000576. The number of hydrogen-bond donors (Lipinski definition) is 2. The number of carbonyl (C=O) groups is 1. The Bertz CT molecular complexity index is 414. The summed E-state index contributed by atoms with van der Waals surface area (Å²) in [5, 5.41) is 5.78. The van der Waals surface area contributed by atoms with E-state index in [1.165, 1.54) is 0 Å². The molecule has 1 amide bonds. The lowest BCUT2D eigenvalue weighted by molar-refractivity contribution is -0.173. The van der Waals surface area contributed by atoms with Gasteiger partial charge in [-0.3, -0.25) is 9.79 Å². The number of nitrogens with one attached hydrogen (secondary N) is 2. The summed E-state index contributed by atoms with van der Waals surface area (Å²) in [6.07, 6.45) is -1.41. The largest absolute Gasteiger partial charge is 0.411 e. The number of guanidine groups is 1. The van der Waals surface area contributed by atoms with Crippen molar-refractivity contribution in [3.63, 3.8) is 0 Å². The fourth-order valence-electron chi connectivity index (χ4n) is 2.61. The van der Waals surface area contributed by atoms with Gasteiger partial charge in [-0.2, -0.15) is 13.2 Å². The number of rotatable bonds is 7. The van der Waals surface area contributed by atoms with E-state index in [1.54, 1.807) is 14.1 Å². The van der Waals surface area contributed by atoms with Crippen LogP contribution in [0.1, 0.15) is 25.7 Å². The summed E-state index contributed by atoms with van der Waals surface area (Å²) < 4.78 is 40.4. The lowest BCUT2D eigenvalue weighted by atomic mass is 9.93. The minimum absolute atomic E-state index is 0.